The molecular weight excluding hydrogens is 103 g/mol. The van der Waals surface area contributed by atoms with Gasteiger partial charge in [0, 0.05) is 11.8 Å². The number of nitriles is 1. The molecule has 0 amide bonds. The summed E-state index contributed by atoms with van der Waals surface area (Å²) in [4.78, 5) is 9.71. The van der Waals surface area contributed by atoms with Gasteiger partial charge in [-0.15, -0.1) is 0 Å². The number of carbonyl (C=O) groups excluding carboxylic acids is 1. The van der Waals surface area contributed by atoms with Crippen LogP contribution in [0.4, 0.5) is 0 Å². The molecule has 0 aromatic heterocycles. The standard InChI is InChI=1S/CHClN2.CH2O/c2-4-1-3;1-2/h4H;1H2. The van der Waals surface area contributed by atoms with E-state index in [2.05, 4.69) is 11.8 Å². The number of hydrogen-bond acceptors (Lipinski definition) is 3. The van der Waals surface area contributed by atoms with E-state index < -0.39 is 0 Å². The van der Waals surface area contributed by atoms with Crippen molar-refractivity contribution in [3.05, 3.63) is 0 Å². The van der Waals surface area contributed by atoms with E-state index in [0.717, 1.165) is 0 Å². The summed E-state index contributed by atoms with van der Waals surface area (Å²) in [6, 6.07) is 0. The molecule has 0 saturated carbocycles. The SMILES string of the molecule is C=O.N#CNCl. The summed E-state index contributed by atoms with van der Waals surface area (Å²) >= 11 is 4.57. The van der Waals surface area contributed by atoms with Gasteiger partial charge in [0.25, 0.3) is 0 Å². The van der Waals surface area contributed by atoms with Crippen molar-refractivity contribution in [2.75, 3.05) is 0 Å². The molecule has 0 rings (SSSR count). The van der Waals surface area contributed by atoms with E-state index >= 15 is 0 Å². The number of halogens is 1. The van der Waals surface area contributed by atoms with Crippen LogP contribution in [0.2, 0.25) is 0 Å². The molecule has 0 aromatic carbocycles. The van der Waals surface area contributed by atoms with E-state index in [9.17, 15) is 0 Å². The van der Waals surface area contributed by atoms with Crippen molar-refractivity contribution < 1.29 is 4.79 Å². The Kier molecular flexibility index (Phi) is 43.0. The van der Waals surface area contributed by atoms with E-state index in [-0.39, 0.29) is 0 Å². The maximum absolute atomic E-state index is 8.00. The zero-order valence-electron chi connectivity index (χ0n) is 2.94. The Hall–Kier alpha value is -0.750. The first-order valence-corrected chi connectivity index (χ1v) is 1.33. The molecule has 0 aromatic rings. The summed E-state index contributed by atoms with van der Waals surface area (Å²) in [7, 11) is 0. The van der Waals surface area contributed by atoms with Crippen LogP contribution in [-0.2, 0) is 4.79 Å². The normalized spacial score (nSPS) is 3.33. The lowest BCUT2D eigenvalue weighted by Gasteiger charge is -1.54. The van der Waals surface area contributed by atoms with Gasteiger partial charge < -0.3 is 4.79 Å². The summed E-state index contributed by atoms with van der Waals surface area (Å²) in [6.07, 6.45) is 1.45. The Labute approximate surface area is 40.6 Å². The number of nitrogens with zero attached hydrogens (tertiary/aromatic N) is 1. The Morgan fingerprint density at radius 3 is 2.00 bits per heavy atom. The van der Waals surface area contributed by atoms with Crippen molar-refractivity contribution >= 4 is 18.6 Å². The van der Waals surface area contributed by atoms with Crippen LogP contribution >= 0.6 is 11.8 Å². The Morgan fingerprint density at radius 2 is 2.00 bits per heavy atom. The predicted octanol–water partition coefficient (Wildman–Crippen LogP) is 0.0260. The maximum atomic E-state index is 8.00. The molecule has 0 aliphatic carbocycles. The number of carbonyl (C=O) groups is 1. The molecule has 4 heteroatoms. The Morgan fingerprint density at radius 1 is 1.83 bits per heavy atom. The van der Waals surface area contributed by atoms with E-state index in [1.807, 2.05) is 6.79 Å². The fourth-order valence-electron chi connectivity index (χ4n) is 0. The minimum atomic E-state index is 1.45. The summed E-state index contributed by atoms with van der Waals surface area (Å²) in [5.74, 6) is 0. The van der Waals surface area contributed by atoms with Gasteiger partial charge in [0.1, 0.15) is 6.79 Å². The number of hydrogen-bond donors (Lipinski definition) is 1. The minimum Gasteiger partial charge on any atom is -0.307 e. The van der Waals surface area contributed by atoms with Crippen molar-refractivity contribution in [3.8, 4) is 6.19 Å². The zero-order chi connectivity index (χ0) is 5.41. The highest BCUT2D eigenvalue weighted by atomic mass is 35.5. The molecule has 0 unspecified atom stereocenters. The van der Waals surface area contributed by atoms with Crippen molar-refractivity contribution in [1.29, 1.82) is 5.26 Å². The van der Waals surface area contributed by atoms with Crippen LogP contribution in [-0.4, -0.2) is 6.79 Å². The fraction of sp³-hybridized carbons (Fsp3) is 0. The molecule has 0 bridgehead atoms. The summed E-state index contributed by atoms with van der Waals surface area (Å²) in [5.41, 5.74) is 0. The third-order valence-corrected chi connectivity index (χ3v) is 0.127. The summed E-state index contributed by atoms with van der Waals surface area (Å²) in [5, 5.41) is 7.38. The molecule has 3 nitrogen and oxygen atoms in total. The van der Waals surface area contributed by atoms with Crippen LogP contribution in [0.15, 0.2) is 0 Å². The second-order valence-electron chi connectivity index (χ2n) is 0.206. The Balaban J connectivity index is 0. The van der Waals surface area contributed by atoms with E-state index in [1.165, 1.54) is 6.19 Å². The van der Waals surface area contributed by atoms with Gasteiger partial charge in [-0.1, -0.05) is 0 Å². The summed E-state index contributed by atoms with van der Waals surface area (Å²) < 4.78 is 0. The highest BCUT2D eigenvalue weighted by molar-refractivity contribution is 6.14. The molecule has 1 N–H and O–H groups in total. The molecule has 0 fully saturated rings. The molecule has 6 heavy (non-hydrogen) atoms. The monoisotopic (exact) mass is 106 g/mol. The zero-order valence-corrected chi connectivity index (χ0v) is 3.70. The number of nitrogens with one attached hydrogen (secondary N) is 1. The highest BCUT2D eigenvalue weighted by Crippen LogP contribution is 1.44. The van der Waals surface area contributed by atoms with Gasteiger partial charge in [0.05, 0.1) is 0 Å². The van der Waals surface area contributed by atoms with Crippen molar-refractivity contribution in [2.24, 2.45) is 0 Å². The van der Waals surface area contributed by atoms with Gasteiger partial charge in [-0.2, -0.15) is 5.26 Å². The van der Waals surface area contributed by atoms with Gasteiger partial charge in [-0.3, -0.25) is 0 Å². The lowest BCUT2D eigenvalue weighted by Crippen LogP contribution is -1.76. The molecule has 0 saturated heterocycles. The van der Waals surface area contributed by atoms with Crippen molar-refractivity contribution in [1.82, 2.24) is 4.84 Å². The Bertz CT molecular complexity index is 50.0. The smallest absolute Gasteiger partial charge is 0.192 e. The van der Waals surface area contributed by atoms with Gasteiger partial charge in [0.2, 0.25) is 0 Å². The van der Waals surface area contributed by atoms with Crippen LogP contribution in [0.5, 0.6) is 0 Å². The van der Waals surface area contributed by atoms with Crippen molar-refractivity contribution in [2.45, 2.75) is 0 Å². The molecule has 0 aliphatic heterocycles. The van der Waals surface area contributed by atoms with Crippen LogP contribution in [0, 0.1) is 11.5 Å². The second kappa shape index (κ2) is 28.7. The minimum absolute atomic E-state index is 1.45. The molecule has 0 atom stereocenters. The molecule has 0 spiro atoms. The molecule has 0 radical (unpaired) electrons. The second-order valence-corrected chi connectivity index (χ2v) is 0.395. The highest BCUT2D eigenvalue weighted by Gasteiger charge is 1.44. The molecular formula is C2H3ClN2O. The van der Waals surface area contributed by atoms with Crippen LogP contribution in [0.1, 0.15) is 0 Å². The predicted molar refractivity (Wildman–Crippen MR) is 21.7 cm³/mol. The largest absolute Gasteiger partial charge is 0.307 e. The van der Waals surface area contributed by atoms with Crippen LogP contribution < -0.4 is 4.84 Å². The van der Waals surface area contributed by atoms with E-state index in [1.54, 1.807) is 4.84 Å². The average Bonchev–Trinajstić information content (AvgIpc) is 1.72. The molecule has 0 aliphatic rings. The van der Waals surface area contributed by atoms with Gasteiger partial charge in [-0.25, -0.2) is 4.84 Å². The number of rotatable bonds is 0. The topological polar surface area (TPSA) is 52.9 Å². The van der Waals surface area contributed by atoms with Gasteiger partial charge >= 0.3 is 0 Å². The summed E-state index contributed by atoms with van der Waals surface area (Å²) in [6.45, 7) is 2.00. The first-order valence-electron chi connectivity index (χ1n) is 0.951. The van der Waals surface area contributed by atoms with E-state index in [4.69, 9.17) is 10.1 Å². The molecule has 34 valence electrons. The van der Waals surface area contributed by atoms with Gasteiger partial charge in [-0.05, 0) is 0 Å². The first kappa shape index (κ1) is 8.98. The molecule has 0 heterocycles. The third-order valence-electron chi connectivity index (χ3n) is 0.0423. The van der Waals surface area contributed by atoms with Crippen molar-refractivity contribution in [3.63, 3.8) is 0 Å². The third kappa shape index (κ3) is 263. The van der Waals surface area contributed by atoms with E-state index in [0.29, 0.717) is 0 Å². The first-order chi connectivity index (χ1) is 2.91. The fourth-order valence-corrected chi connectivity index (χ4v) is 0. The average molecular weight is 107 g/mol. The van der Waals surface area contributed by atoms with Crippen LogP contribution in [0.3, 0.4) is 0 Å². The lowest BCUT2D eigenvalue weighted by molar-refractivity contribution is -0.0979. The van der Waals surface area contributed by atoms with Crippen LogP contribution in [0.25, 0.3) is 0 Å². The lowest BCUT2D eigenvalue weighted by atomic mass is 11.5. The van der Waals surface area contributed by atoms with Gasteiger partial charge in [0.15, 0.2) is 6.19 Å². The maximum Gasteiger partial charge on any atom is 0.192 e. The quantitative estimate of drug-likeness (QED) is 0.269.